The van der Waals surface area contributed by atoms with Crippen molar-refractivity contribution in [2.75, 3.05) is 5.75 Å². The van der Waals surface area contributed by atoms with Crippen LogP contribution < -0.4 is 0 Å². The number of para-hydroxylation sites is 1. The summed E-state index contributed by atoms with van der Waals surface area (Å²) in [7, 11) is 0. The zero-order valence-corrected chi connectivity index (χ0v) is 16.6. The third-order valence-electron chi connectivity index (χ3n) is 4.25. The topological polar surface area (TPSA) is 60.9 Å². The SMILES string of the molecule is Cc1occc1-c1nnc(SCC(=O)c2ccc(Cl)cc2)n1-c1ccccc1. The third kappa shape index (κ3) is 3.74. The molecule has 0 fully saturated rings. The summed E-state index contributed by atoms with van der Waals surface area (Å²) >= 11 is 7.25. The van der Waals surface area contributed by atoms with Crippen LogP contribution in [0.25, 0.3) is 17.1 Å². The first-order valence-corrected chi connectivity index (χ1v) is 9.96. The summed E-state index contributed by atoms with van der Waals surface area (Å²) in [4.78, 5) is 12.5. The molecule has 0 aliphatic heterocycles. The van der Waals surface area contributed by atoms with Gasteiger partial charge in [-0.2, -0.15) is 0 Å². The lowest BCUT2D eigenvalue weighted by Gasteiger charge is -2.09. The van der Waals surface area contributed by atoms with Crippen molar-refractivity contribution < 1.29 is 9.21 Å². The summed E-state index contributed by atoms with van der Waals surface area (Å²) in [5.41, 5.74) is 2.41. The van der Waals surface area contributed by atoms with Crippen LogP contribution in [0.1, 0.15) is 16.1 Å². The van der Waals surface area contributed by atoms with E-state index in [2.05, 4.69) is 10.2 Å². The molecule has 140 valence electrons. The number of aryl methyl sites for hydroxylation is 1. The van der Waals surface area contributed by atoms with Crippen molar-refractivity contribution in [3.63, 3.8) is 0 Å². The summed E-state index contributed by atoms with van der Waals surface area (Å²) in [5.74, 6) is 1.69. The monoisotopic (exact) mass is 409 g/mol. The average Bonchev–Trinajstić information content (AvgIpc) is 3.33. The molecule has 2 aromatic carbocycles. The minimum atomic E-state index is 0.00493. The van der Waals surface area contributed by atoms with Gasteiger partial charge in [-0.15, -0.1) is 10.2 Å². The molecule has 4 rings (SSSR count). The number of ketones is 1. The lowest BCUT2D eigenvalue weighted by Crippen LogP contribution is -2.05. The molecule has 0 aliphatic carbocycles. The second-order valence-corrected chi connectivity index (χ2v) is 7.47. The van der Waals surface area contributed by atoms with Crippen LogP contribution in [0.5, 0.6) is 0 Å². The Morgan fingerprint density at radius 2 is 1.82 bits per heavy atom. The summed E-state index contributed by atoms with van der Waals surface area (Å²) in [6.07, 6.45) is 1.63. The van der Waals surface area contributed by atoms with Crippen LogP contribution in [0.2, 0.25) is 5.02 Å². The Bertz CT molecular complexity index is 1100. The van der Waals surface area contributed by atoms with E-state index in [-0.39, 0.29) is 11.5 Å². The van der Waals surface area contributed by atoms with Crippen molar-refractivity contribution in [2.45, 2.75) is 12.1 Å². The van der Waals surface area contributed by atoms with Crippen molar-refractivity contribution >= 4 is 29.1 Å². The number of thioether (sulfide) groups is 1. The van der Waals surface area contributed by atoms with Crippen molar-refractivity contribution in [2.24, 2.45) is 0 Å². The summed E-state index contributed by atoms with van der Waals surface area (Å²) < 4.78 is 7.37. The molecule has 0 aliphatic rings. The Balaban J connectivity index is 1.66. The minimum Gasteiger partial charge on any atom is -0.469 e. The number of halogens is 1. The molecule has 7 heteroatoms. The van der Waals surface area contributed by atoms with Gasteiger partial charge in [0.15, 0.2) is 16.8 Å². The van der Waals surface area contributed by atoms with E-state index in [0.29, 0.717) is 21.6 Å². The van der Waals surface area contributed by atoms with E-state index in [9.17, 15) is 4.79 Å². The molecule has 0 atom stereocenters. The molecule has 0 amide bonds. The third-order valence-corrected chi connectivity index (χ3v) is 5.43. The van der Waals surface area contributed by atoms with Crippen molar-refractivity contribution in [3.8, 4) is 17.1 Å². The first-order valence-electron chi connectivity index (χ1n) is 8.60. The van der Waals surface area contributed by atoms with Crippen LogP contribution in [-0.2, 0) is 0 Å². The number of carbonyl (C=O) groups is 1. The van der Waals surface area contributed by atoms with Gasteiger partial charge in [-0.3, -0.25) is 9.36 Å². The van der Waals surface area contributed by atoms with Gasteiger partial charge in [-0.1, -0.05) is 41.6 Å². The predicted octanol–water partition coefficient (Wildman–Crippen LogP) is 5.46. The lowest BCUT2D eigenvalue weighted by molar-refractivity contribution is 0.102. The molecule has 0 radical (unpaired) electrons. The molecule has 0 saturated carbocycles. The summed E-state index contributed by atoms with van der Waals surface area (Å²) in [6, 6.07) is 18.6. The number of Topliss-reactive ketones (excluding diaryl/α,β-unsaturated/α-hetero) is 1. The number of benzene rings is 2. The molecular formula is C21H16ClN3O2S. The van der Waals surface area contributed by atoms with E-state index in [4.69, 9.17) is 16.0 Å². The predicted molar refractivity (Wildman–Crippen MR) is 110 cm³/mol. The van der Waals surface area contributed by atoms with Gasteiger partial charge in [0, 0.05) is 16.3 Å². The van der Waals surface area contributed by atoms with Crippen molar-refractivity contribution in [1.82, 2.24) is 14.8 Å². The van der Waals surface area contributed by atoms with Gasteiger partial charge in [0.25, 0.3) is 0 Å². The zero-order chi connectivity index (χ0) is 19.5. The van der Waals surface area contributed by atoms with Crippen LogP contribution in [-0.4, -0.2) is 26.3 Å². The molecular weight excluding hydrogens is 394 g/mol. The highest BCUT2D eigenvalue weighted by Gasteiger charge is 2.19. The number of rotatable bonds is 6. The van der Waals surface area contributed by atoms with Gasteiger partial charge in [0.05, 0.1) is 17.6 Å². The molecule has 0 N–H and O–H groups in total. The zero-order valence-electron chi connectivity index (χ0n) is 15.0. The number of nitrogens with zero attached hydrogens (tertiary/aromatic N) is 3. The molecule has 2 heterocycles. The molecule has 0 saturated heterocycles. The summed E-state index contributed by atoms with van der Waals surface area (Å²) in [6.45, 7) is 1.89. The number of hydrogen-bond donors (Lipinski definition) is 0. The van der Waals surface area contributed by atoms with Crippen LogP contribution in [0.3, 0.4) is 0 Å². The second kappa shape index (κ2) is 8.04. The highest BCUT2D eigenvalue weighted by Crippen LogP contribution is 2.30. The van der Waals surface area contributed by atoms with Gasteiger partial charge in [0.1, 0.15) is 5.76 Å². The van der Waals surface area contributed by atoms with Crippen LogP contribution in [0, 0.1) is 6.92 Å². The number of furan rings is 1. The van der Waals surface area contributed by atoms with Crippen molar-refractivity contribution in [1.29, 1.82) is 0 Å². The smallest absolute Gasteiger partial charge is 0.196 e. The van der Waals surface area contributed by atoms with Crippen LogP contribution in [0.15, 0.2) is 76.5 Å². The van der Waals surface area contributed by atoms with Crippen LogP contribution >= 0.6 is 23.4 Å². The highest BCUT2D eigenvalue weighted by molar-refractivity contribution is 7.99. The highest BCUT2D eigenvalue weighted by atomic mass is 35.5. The molecule has 2 aromatic heterocycles. The van der Waals surface area contributed by atoms with Gasteiger partial charge >= 0.3 is 0 Å². The average molecular weight is 410 g/mol. The van der Waals surface area contributed by atoms with E-state index >= 15 is 0 Å². The Morgan fingerprint density at radius 3 is 2.50 bits per heavy atom. The lowest BCUT2D eigenvalue weighted by atomic mass is 10.1. The second-order valence-electron chi connectivity index (χ2n) is 6.09. The van der Waals surface area contributed by atoms with E-state index < -0.39 is 0 Å². The number of aromatic nitrogens is 3. The van der Waals surface area contributed by atoms with E-state index in [1.54, 1.807) is 30.5 Å². The Hall–Kier alpha value is -2.83. The fourth-order valence-electron chi connectivity index (χ4n) is 2.81. The molecule has 5 nitrogen and oxygen atoms in total. The fraction of sp³-hybridized carbons (Fsp3) is 0.0952. The number of carbonyl (C=O) groups excluding carboxylic acids is 1. The quantitative estimate of drug-likeness (QED) is 0.312. The maximum atomic E-state index is 12.5. The van der Waals surface area contributed by atoms with E-state index in [1.807, 2.05) is 47.9 Å². The molecule has 4 aromatic rings. The molecule has 0 unspecified atom stereocenters. The number of hydrogen-bond acceptors (Lipinski definition) is 5. The largest absolute Gasteiger partial charge is 0.469 e. The van der Waals surface area contributed by atoms with E-state index in [1.165, 1.54) is 11.8 Å². The first-order chi connectivity index (χ1) is 13.6. The molecule has 0 spiro atoms. The Labute approximate surface area is 171 Å². The first kappa shape index (κ1) is 18.5. The summed E-state index contributed by atoms with van der Waals surface area (Å²) in [5, 5.41) is 9.94. The fourth-order valence-corrected chi connectivity index (χ4v) is 3.79. The van der Waals surface area contributed by atoms with Gasteiger partial charge in [-0.25, -0.2) is 0 Å². The van der Waals surface area contributed by atoms with Gasteiger partial charge in [-0.05, 0) is 49.4 Å². The van der Waals surface area contributed by atoms with Crippen molar-refractivity contribution in [3.05, 3.63) is 83.3 Å². The van der Waals surface area contributed by atoms with E-state index in [0.717, 1.165) is 17.0 Å². The molecule has 0 bridgehead atoms. The Morgan fingerprint density at radius 1 is 1.07 bits per heavy atom. The van der Waals surface area contributed by atoms with Gasteiger partial charge in [0.2, 0.25) is 0 Å². The minimum absolute atomic E-state index is 0.00493. The van der Waals surface area contributed by atoms with Crippen LogP contribution in [0.4, 0.5) is 0 Å². The van der Waals surface area contributed by atoms with Gasteiger partial charge < -0.3 is 4.42 Å². The molecule has 28 heavy (non-hydrogen) atoms. The maximum absolute atomic E-state index is 12.5. The standard InChI is InChI=1S/C21H16ClN3O2S/c1-14-18(11-12-27-14)20-23-24-21(25(20)17-5-3-2-4-6-17)28-13-19(26)15-7-9-16(22)10-8-15/h2-12H,13H2,1H3. The maximum Gasteiger partial charge on any atom is 0.196 e. The Kier molecular flexibility index (Phi) is 5.32. The normalized spacial score (nSPS) is 10.9.